The molecular formula is C18H13N3O2. The maximum absolute atomic E-state index is 9.13. The Bertz CT molecular complexity index is 964. The first-order valence-electron chi connectivity index (χ1n) is 7.21. The van der Waals surface area contributed by atoms with E-state index in [0.29, 0.717) is 17.2 Å². The number of nitrogens with zero attached hydrogens (tertiary/aromatic N) is 3. The normalized spacial score (nSPS) is 11.0. The molecule has 0 bridgehead atoms. The van der Waals surface area contributed by atoms with Crippen molar-refractivity contribution in [3.8, 4) is 22.6 Å². The third kappa shape index (κ3) is 2.47. The number of aliphatic hydroxyl groups excluding tert-OH is 1. The van der Waals surface area contributed by atoms with Crippen molar-refractivity contribution in [1.29, 1.82) is 0 Å². The largest absolute Gasteiger partial charge is 0.457 e. The number of aliphatic hydroxyl groups is 1. The number of furan rings is 1. The summed E-state index contributed by atoms with van der Waals surface area (Å²) in [6.07, 6.45) is 5.28. The number of hydrogen-bond donors (Lipinski definition) is 1. The number of fused-ring (bicyclic) bond motifs is 1. The topological polar surface area (TPSA) is 72.0 Å². The molecule has 0 saturated carbocycles. The van der Waals surface area contributed by atoms with Gasteiger partial charge in [-0.1, -0.05) is 0 Å². The number of pyridine rings is 3. The number of aromatic nitrogens is 3. The molecule has 4 heterocycles. The zero-order valence-electron chi connectivity index (χ0n) is 12.2. The second kappa shape index (κ2) is 5.62. The molecule has 4 aromatic heterocycles. The molecule has 0 aromatic carbocycles. The van der Waals surface area contributed by atoms with E-state index in [-0.39, 0.29) is 6.61 Å². The first-order chi connectivity index (χ1) is 11.3. The van der Waals surface area contributed by atoms with E-state index in [1.807, 2.05) is 36.4 Å². The third-order valence-electron chi connectivity index (χ3n) is 3.65. The van der Waals surface area contributed by atoms with Gasteiger partial charge in [-0.2, -0.15) is 0 Å². The average Bonchev–Trinajstić information content (AvgIpc) is 3.11. The number of hydrogen-bond acceptors (Lipinski definition) is 5. The summed E-state index contributed by atoms with van der Waals surface area (Å²) in [4.78, 5) is 13.1. The third-order valence-corrected chi connectivity index (χ3v) is 3.65. The Labute approximate surface area is 132 Å². The molecule has 0 aliphatic carbocycles. The van der Waals surface area contributed by atoms with Crippen LogP contribution < -0.4 is 0 Å². The average molecular weight is 303 g/mol. The minimum atomic E-state index is -0.128. The zero-order chi connectivity index (χ0) is 15.6. The van der Waals surface area contributed by atoms with Gasteiger partial charge in [-0.05, 0) is 48.0 Å². The van der Waals surface area contributed by atoms with Gasteiger partial charge in [-0.3, -0.25) is 9.97 Å². The monoisotopic (exact) mass is 303 g/mol. The van der Waals surface area contributed by atoms with Gasteiger partial charge >= 0.3 is 0 Å². The fourth-order valence-electron chi connectivity index (χ4n) is 2.53. The highest BCUT2D eigenvalue weighted by molar-refractivity contribution is 5.92. The van der Waals surface area contributed by atoms with Crippen LogP contribution in [-0.4, -0.2) is 20.1 Å². The minimum Gasteiger partial charge on any atom is -0.457 e. The van der Waals surface area contributed by atoms with E-state index >= 15 is 0 Å². The van der Waals surface area contributed by atoms with E-state index in [0.717, 1.165) is 22.2 Å². The van der Waals surface area contributed by atoms with Crippen molar-refractivity contribution in [1.82, 2.24) is 15.0 Å². The summed E-state index contributed by atoms with van der Waals surface area (Å²) < 4.78 is 5.57. The van der Waals surface area contributed by atoms with Crippen LogP contribution in [0, 0.1) is 0 Å². The Balaban J connectivity index is 1.90. The lowest BCUT2D eigenvalue weighted by Crippen LogP contribution is -1.90. The van der Waals surface area contributed by atoms with E-state index in [1.165, 1.54) is 0 Å². The molecule has 112 valence electrons. The van der Waals surface area contributed by atoms with Gasteiger partial charge in [0.2, 0.25) is 0 Å². The van der Waals surface area contributed by atoms with Gasteiger partial charge in [0.25, 0.3) is 0 Å². The van der Waals surface area contributed by atoms with Gasteiger partial charge in [0, 0.05) is 24.2 Å². The highest BCUT2D eigenvalue weighted by atomic mass is 16.4. The predicted octanol–water partition coefficient (Wildman–Crippen LogP) is 3.44. The second-order valence-corrected chi connectivity index (χ2v) is 5.08. The van der Waals surface area contributed by atoms with Crippen molar-refractivity contribution in [3.63, 3.8) is 0 Å². The molecule has 4 rings (SSSR count). The Morgan fingerprint density at radius 2 is 1.78 bits per heavy atom. The molecule has 5 heteroatoms. The standard InChI is InChI=1S/C18H13N3O2/c22-11-13-1-4-17(23-13)15-2-3-16-18(21-15)14(7-10-20-16)12-5-8-19-9-6-12/h1-10,22H,11H2. The minimum absolute atomic E-state index is 0.128. The maximum Gasteiger partial charge on any atom is 0.152 e. The highest BCUT2D eigenvalue weighted by Gasteiger charge is 2.10. The van der Waals surface area contributed by atoms with Gasteiger partial charge < -0.3 is 9.52 Å². The summed E-state index contributed by atoms with van der Waals surface area (Å²) in [6, 6.07) is 13.2. The van der Waals surface area contributed by atoms with E-state index in [1.54, 1.807) is 24.7 Å². The van der Waals surface area contributed by atoms with E-state index in [9.17, 15) is 0 Å². The molecule has 4 aromatic rings. The first kappa shape index (κ1) is 13.6. The summed E-state index contributed by atoms with van der Waals surface area (Å²) in [5.41, 5.74) is 4.36. The van der Waals surface area contributed by atoms with Crippen LogP contribution in [0.2, 0.25) is 0 Å². The summed E-state index contributed by atoms with van der Waals surface area (Å²) >= 11 is 0. The van der Waals surface area contributed by atoms with Crippen molar-refractivity contribution in [2.24, 2.45) is 0 Å². The Kier molecular flexibility index (Phi) is 3.33. The summed E-state index contributed by atoms with van der Waals surface area (Å²) in [5.74, 6) is 1.14. The SMILES string of the molecule is OCc1ccc(-c2ccc3nccc(-c4ccncc4)c3n2)o1. The van der Waals surface area contributed by atoms with E-state index in [2.05, 4.69) is 9.97 Å². The molecule has 1 N–H and O–H groups in total. The zero-order valence-corrected chi connectivity index (χ0v) is 12.2. The second-order valence-electron chi connectivity index (χ2n) is 5.08. The molecule has 5 nitrogen and oxygen atoms in total. The Morgan fingerprint density at radius 3 is 2.57 bits per heavy atom. The maximum atomic E-state index is 9.13. The van der Waals surface area contributed by atoms with Crippen LogP contribution in [0.25, 0.3) is 33.6 Å². The van der Waals surface area contributed by atoms with Gasteiger partial charge in [-0.15, -0.1) is 0 Å². The van der Waals surface area contributed by atoms with Crippen molar-refractivity contribution in [3.05, 3.63) is 66.8 Å². The highest BCUT2D eigenvalue weighted by Crippen LogP contribution is 2.28. The van der Waals surface area contributed by atoms with E-state index < -0.39 is 0 Å². The van der Waals surface area contributed by atoms with Gasteiger partial charge in [0.05, 0.1) is 11.0 Å². The van der Waals surface area contributed by atoms with Gasteiger partial charge in [0.15, 0.2) is 5.76 Å². The Hall–Kier alpha value is -3.05. The van der Waals surface area contributed by atoms with Crippen LogP contribution in [0.3, 0.4) is 0 Å². The van der Waals surface area contributed by atoms with Crippen LogP contribution in [-0.2, 0) is 6.61 Å². The molecule has 0 aliphatic heterocycles. The van der Waals surface area contributed by atoms with E-state index in [4.69, 9.17) is 14.5 Å². The fraction of sp³-hybridized carbons (Fsp3) is 0.0556. The van der Waals surface area contributed by atoms with Crippen LogP contribution in [0.5, 0.6) is 0 Å². The molecule has 0 unspecified atom stereocenters. The lowest BCUT2D eigenvalue weighted by molar-refractivity contribution is 0.248. The number of rotatable bonds is 3. The first-order valence-corrected chi connectivity index (χ1v) is 7.21. The molecule has 0 amide bonds. The summed E-state index contributed by atoms with van der Waals surface area (Å²) in [5, 5.41) is 9.13. The molecule has 0 saturated heterocycles. The van der Waals surface area contributed by atoms with Gasteiger partial charge in [-0.25, -0.2) is 4.98 Å². The Morgan fingerprint density at radius 1 is 0.913 bits per heavy atom. The lowest BCUT2D eigenvalue weighted by Gasteiger charge is -2.06. The van der Waals surface area contributed by atoms with Crippen LogP contribution in [0.1, 0.15) is 5.76 Å². The smallest absolute Gasteiger partial charge is 0.152 e. The van der Waals surface area contributed by atoms with Crippen molar-refractivity contribution in [2.75, 3.05) is 0 Å². The van der Waals surface area contributed by atoms with Crippen molar-refractivity contribution < 1.29 is 9.52 Å². The quantitative estimate of drug-likeness (QED) is 0.627. The molecule has 23 heavy (non-hydrogen) atoms. The molecule has 0 spiro atoms. The van der Waals surface area contributed by atoms with Crippen LogP contribution in [0.4, 0.5) is 0 Å². The van der Waals surface area contributed by atoms with Crippen molar-refractivity contribution >= 4 is 11.0 Å². The van der Waals surface area contributed by atoms with Crippen molar-refractivity contribution in [2.45, 2.75) is 6.61 Å². The molecule has 0 fully saturated rings. The fourth-order valence-corrected chi connectivity index (χ4v) is 2.53. The van der Waals surface area contributed by atoms with Gasteiger partial charge in [0.1, 0.15) is 18.1 Å². The summed E-state index contributed by atoms with van der Waals surface area (Å²) in [7, 11) is 0. The molecule has 0 atom stereocenters. The van der Waals surface area contributed by atoms with Crippen LogP contribution >= 0.6 is 0 Å². The summed E-state index contributed by atoms with van der Waals surface area (Å²) in [6.45, 7) is -0.128. The predicted molar refractivity (Wildman–Crippen MR) is 86.4 cm³/mol. The lowest BCUT2D eigenvalue weighted by atomic mass is 10.1. The molecular weight excluding hydrogens is 290 g/mol. The molecule has 0 aliphatic rings. The van der Waals surface area contributed by atoms with Crippen LogP contribution in [0.15, 0.2) is 65.5 Å². The molecule has 0 radical (unpaired) electrons.